The molecule has 3 aromatic rings. The van der Waals surface area contributed by atoms with E-state index >= 15 is 0 Å². The van der Waals surface area contributed by atoms with E-state index in [9.17, 15) is 14.0 Å². The lowest BCUT2D eigenvalue weighted by Gasteiger charge is -2.24. The zero-order valence-electron chi connectivity index (χ0n) is 21.1. The Kier molecular flexibility index (Phi) is 8.98. The third-order valence-electron chi connectivity index (χ3n) is 5.41. The lowest BCUT2D eigenvalue weighted by atomic mass is 10.0. The number of nitrogens with one attached hydrogen (secondary N) is 3. The molecule has 11 heteroatoms. The third kappa shape index (κ3) is 7.32. The molecule has 0 bridgehead atoms. The standard InChI is InChI=1S/C26H31FN6O3S/c1-15(12-26(2,3)34)37(35)18-8-6-17(7-9-18)21-14-32-23(28)22(33-21)25(30)36-24(29)19-10-5-16(13-31-4)11-20(19)27/h5-11,14-15,29-31,34H,12-13H2,1-4H3,(H2,28,32). The minimum absolute atomic E-state index is 0.0791. The van der Waals surface area contributed by atoms with Crippen molar-refractivity contribution in [2.75, 3.05) is 12.8 Å². The Balaban J connectivity index is 1.77. The second-order valence-electron chi connectivity index (χ2n) is 9.24. The molecular weight excluding hydrogens is 495 g/mol. The van der Waals surface area contributed by atoms with Crippen molar-refractivity contribution in [3.63, 3.8) is 0 Å². The summed E-state index contributed by atoms with van der Waals surface area (Å²) >= 11 is -1.31. The summed E-state index contributed by atoms with van der Waals surface area (Å²) in [5.41, 5.74) is 6.51. The van der Waals surface area contributed by atoms with Gasteiger partial charge in [0.1, 0.15) is 11.1 Å². The number of hydrogen-bond acceptors (Lipinski definition) is 9. The molecule has 0 aliphatic carbocycles. The fraction of sp³-hybridized carbons (Fsp3) is 0.308. The molecule has 2 unspecified atom stereocenters. The Labute approximate surface area is 218 Å². The van der Waals surface area contributed by atoms with Gasteiger partial charge in [-0.25, -0.2) is 14.4 Å². The molecule has 0 spiro atoms. The highest BCUT2D eigenvalue weighted by molar-refractivity contribution is 7.92. The number of benzene rings is 2. The van der Waals surface area contributed by atoms with E-state index in [-0.39, 0.29) is 22.3 Å². The molecule has 1 heterocycles. The lowest BCUT2D eigenvalue weighted by Crippen LogP contribution is -2.29. The predicted molar refractivity (Wildman–Crippen MR) is 143 cm³/mol. The number of hydrogen-bond donors (Lipinski definition) is 5. The number of anilines is 1. The van der Waals surface area contributed by atoms with Crippen molar-refractivity contribution in [1.29, 1.82) is 10.8 Å². The summed E-state index contributed by atoms with van der Waals surface area (Å²) in [6.07, 6.45) is 1.82. The van der Waals surface area contributed by atoms with Gasteiger partial charge in [0.05, 0.1) is 23.1 Å². The van der Waals surface area contributed by atoms with Crippen molar-refractivity contribution in [2.45, 2.75) is 49.5 Å². The van der Waals surface area contributed by atoms with Crippen LogP contribution >= 0.6 is 0 Å². The van der Waals surface area contributed by atoms with E-state index in [4.69, 9.17) is 21.3 Å². The Hall–Kier alpha value is -3.38. The Morgan fingerprint density at radius 2 is 1.89 bits per heavy atom. The first-order valence-electron chi connectivity index (χ1n) is 11.5. The second-order valence-corrected chi connectivity index (χ2v) is 11.1. The average Bonchev–Trinajstić information content (AvgIpc) is 2.83. The number of nitrogens with two attached hydrogens (primary N) is 1. The van der Waals surface area contributed by atoms with Gasteiger partial charge in [-0.15, -0.1) is 0 Å². The maximum atomic E-state index is 14.5. The monoisotopic (exact) mass is 526 g/mol. The number of aliphatic hydroxyl groups is 1. The Bertz CT molecular complexity index is 1280. The molecule has 0 aliphatic rings. The van der Waals surface area contributed by atoms with Gasteiger partial charge in [-0.1, -0.05) is 6.07 Å². The molecule has 3 rings (SSSR count). The van der Waals surface area contributed by atoms with Crippen molar-refractivity contribution < 1.29 is 18.8 Å². The van der Waals surface area contributed by atoms with Crippen LogP contribution in [0.25, 0.3) is 11.3 Å². The molecule has 1 aromatic heterocycles. The largest absolute Gasteiger partial charge is 0.611 e. The van der Waals surface area contributed by atoms with E-state index in [0.717, 1.165) is 0 Å². The van der Waals surface area contributed by atoms with Gasteiger partial charge in [0.15, 0.2) is 16.4 Å². The zero-order valence-corrected chi connectivity index (χ0v) is 21.9. The lowest BCUT2D eigenvalue weighted by molar-refractivity contribution is 0.0711. The normalized spacial score (nSPS) is 13.2. The Morgan fingerprint density at radius 1 is 1.22 bits per heavy atom. The minimum atomic E-state index is -1.31. The average molecular weight is 527 g/mol. The number of aromatic nitrogens is 2. The molecule has 9 nitrogen and oxygen atoms in total. The van der Waals surface area contributed by atoms with Crippen LogP contribution in [0.3, 0.4) is 0 Å². The maximum absolute atomic E-state index is 14.5. The molecule has 6 N–H and O–H groups in total. The van der Waals surface area contributed by atoms with Crippen LogP contribution in [-0.2, 0) is 22.5 Å². The summed E-state index contributed by atoms with van der Waals surface area (Å²) in [6, 6.07) is 11.2. The van der Waals surface area contributed by atoms with Crippen molar-refractivity contribution in [3.8, 4) is 11.3 Å². The first-order chi connectivity index (χ1) is 17.4. The van der Waals surface area contributed by atoms with Gasteiger partial charge in [0.25, 0.3) is 0 Å². The fourth-order valence-electron chi connectivity index (χ4n) is 3.74. The van der Waals surface area contributed by atoms with Crippen molar-refractivity contribution in [1.82, 2.24) is 15.3 Å². The van der Waals surface area contributed by atoms with E-state index in [1.54, 1.807) is 51.2 Å². The molecule has 2 atom stereocenters. The molecule has 0 radical (unpaired) electrons. The van der Waals surface area contributed by atoms with E-state index < -0.39 is 34.4 Å². The van der Waals surface area contributed by atoms with Gasteiger partial charge in [-0.2, -0.15) is 0 Å². The summed E-state index contributed by atoms with van der Waals surface area (Å²) in [4.78, 5) is 9.06. The summed E-state index contributed by atoms with van der Waals surface area (Å²) in [5, 5.41) is 29.1. The summed E-state index contributed by atoms with van der Waals surface area (Å²) in [7, 11) is 1.74. The van der Waals surface area contributed by atoms with Gasteiger partial charge in [-0.05, 0) is 81.0 Å². The molecule has 196 valence electrons. The molecular formula is C26H31FN6O3S. The SMILES string of the molecule is CNCc1ccc(C(=N)OC(=N)c2nc(-c3ccc([S+]([O-])C(C)CC(C)(C)O)cc3)cnc2N)c(F)c1. The molecule has 37 heavy (non-hydrogen) atoms. The smallest absolute Gasteiger partial charge is 0.243 e. The van der Waals surface area contributed by atoms with E-state index in [1.807, 2.05) is 6.92 Å². The second kappa shape index (κ2) is 11.8. The van der Waals surface area contributed by atoms with Crippen LogP contribution in [0, 0.1) is 16.6 Å². The summed E-state index contributed by atoms with van der Waals surface area (Å²) < 4.78 is 32.5. The van der Waals surface area contributed by atoms with Crippen LogP contribution in [0.1, 0.15) is 44.0 Å². The highest BCUT2D eigenvalue weighted by atomic mass is 32.2. The van der Waals surface area contributed by atoms with Crippen molar-refractivity contribution in [3.05, 3.63) is 71.3 Å². The van der Waals surface area contributed by atoms with Crippen molar-refractivity contribution in [2.24, 2.45) is 0 Å². The first-order valence-corrected chi connectivity index (χ1v) is 12.8. The number of nitrogen functional groups attached to an aromatic ring is 1. The van der Waals surface area contributed by atoms with Crippen LogP contribution in [0.2, 0.25) is 0 Å². The van der Waals surface area contributed by atoms with E-state index in [0.29, 0.717) is 34.7 Å². The summed E-state index contributed by atoms with van der Waals surface area (Å²) in [5.74, 6) is -1.83. The highest BCUT2D eigenvalue weighted by Crippen LogP contribution is 2.26. The predicted octanol–water partition coefficient (Wildman–Crippen LogP) is 3.61. The quantitative estimate of drug-likeness (QED) is 0.161. The molecule has 0 saturated heterocycles. The molecule has 0 saturated carbocycles. The van der Waals surface area contributed by atoms with Gasteiger partial charge < -0.3 is 25.4 Å². The highest BCUT2D eigenvalue weighted by Gasteiger charge is 2.27. The molecule has 0 fully saturated rings. The molecule has 2 aromatic carbocycles. The summed E-state index contributed by atoms with van der Waals surface area (Å²) in [6.45, 7) is 5.66. The van der Waals surface area contributed by atoms with Crippen LogP contribution in [-0.4, -0.2) is 49.3 Å². The Morgan fingerprint density at radius 3 is 2.49 bits per heavy atom. The zero-order chi connectivity index (χ0) is 27.3. The molecule has 0 amide bonds. The van der Waals surface area contributed by atoms with Crippen LogP contribution in [0.4, 0.5) is 10.2 Å². The fourth-order valence-corrected chi connectivity index (χ4v) is 5.17. The van der Waals surface area contributed by atoms with E-state index in [1.165, 1.54) is 18.3 Å². The topological polar surface area (TPSA) is 164 Å². The van der Waals surface area contributed by atoms with Crippen LogP contribution < -0.4 is 11.1 Å². The van der Waals surface area contributed by atoms with Gasteiger partial charge >= 0.3 is 0 Å². The minimum Gasteiger partial charge on any atom is -0.611 e. The first kappa shape index (κ1) is 28.2. The van der Waals surface area contributed by atoms with Crippen LogP contribution in [0.5, 0.6) is 0 Å². The van der Waals surface area contributed by atoms with Gasteiger partial charge in [0.2, 0.25) is 11.8 Å². The van der Waals surface area contributed by atoms with Crippen LogP contribution in [0.15, 0.2) is 53.6 Å². The van der Waals surface area contributed by atoms with E-state index in [2.05, 4.69) is 15.3 Å². The number of rotatable bonds is 9. The maximum Gasteiger partial charge on any atom is 0.243 e. The number of halogens is 1. The van der Waals surface area contributed by atoms with Crippen molar-refractivity contribution >= 4 is 28.8 Å². The van der Waals surface area contributed by atoms with Gasteiger partial charge in [-0.3, -0.25) is 10.8 Å². The molecule has 0 aliphatic heterocycles. The number of nitrogens with zero attached hydrogens (tertiary/aromatic N) is 2. The third-order valence-corrected chi connectivity index (χ3v) is 7.05. The number of ether oxygens (including phenoxy) is 1. The van der Waals surface area contributed by atoms with Gasteiger partial charge in [0, 0.05) is 18.5 Å².